The zero-order valence-electron chi connectivity index (χ0n) is 9.03. The first-order valence-corrected chi connectivity index (χ1v) is 5.99. The number of anilines is 1. The standard InChI is InChI=1S/C9H14ClN3OS/c1-9(2)5-13(4-6(9)14-3)8-12-11-7(10)15-8/h6H,4-5H2,1-3H3. The van der Waals surface area contributed by atoms with Crippen molar-refractivity contribution in [2.24, 2.45) is 5.41 Å². The highest BCUT2D eigenvalue weighted by Gasteiger charge is 2.40. The van der Waals surface area contributed by atoms with Crippen LogP contribution in [0.1, 0.15) is 13.8 Å². The van der Waals surface area contributed by atoms with E-state index in [1.807, 2.05) is 0 Å². The Morgan fingerprint density at radius 1 is 1.53 bits per heavy atom. The summed E-state index contributed by atoms with van der Waals surface area (Å²) in [5.74, 6) is 0. The highest BCUT2D eigenvalue weighted by atomic mass is 35.5. The van der Waals surface area contributed by atoms with E-state index in [9.17, 15) is 0 Å². The molecule has 0 saturated carbocycles. The number of hydrogen-bond acceptors (Lipinski definition) is 5. The van der Waals surface area contributed by atoms with Crippen LogP contribution in [0.5, 0.6) is 0 Å². The van der Waals surface area contributed by atoms with E-state index in [0.717, 1.165) is 18.2 Å². The molecule has 1 fully saturated rings. The molecule has 2 heterocycles. The van der Waals surface area contributed by atoms with Crippen LogP contribution in [0.3, 0.4) is 0 Å². The molecule has 0 bridgehead atoms. The predicted molar refractivity (Wildman–Crippen MR) is 61.7 cm³/mol. The SMILES string of the molecule is COC1CN(c2nnc(Cl)s2)CC1(C)C. The molecule has 4 nitrogen and oxygen atoms in total. The van der Waals surface area contributed by atoms with Gasteiger partial charge in [-0.2, -0.15) is 0 Å². The van der Waals surface area contributed by atoms with E-state index >= 15 is 0 Å². The fraction of sp³-hybridized carbons (Fsp3) is 0.778. The monoisotopic (exact) mass is 247 g/mol. The van der Waals surface area contributed by atoms with Gasteiger partial charge in [-0.1, -0.05) is 25.2 Å². The van der Waals surface area contributed by atoms with Gasteiger partial charge in [0, 0.05) is 25.6 Å². The molecule has 15 heavy (non-hydrogen) atoms. The molecule has 1 aliphatic heterocycles. The van der Waals surface area contributed by atoms with Crippen LogP contribution in [-0.2, 0) is 4.74 Å². The summed E-state index contributed by atoms with van der Waals surface area (Å²) in [6.45, 7) is 6.18. The van der Waals surface area contributed by atoms with Crippen LogP contribution in [0, 0.1) is 5.41 Å². The van der Waals surface area contributed by atoms with E-state index in [4.69, 9.17) is 16.3 Å². The van der Waals surface area contributed by atoms with Gasteiger partial charge in [0.25, 0.3) is 0 Å². The molecular formula is C9H14ClN3OS. The molecule has 84 valence electrons. The molecule has 1 atom stereocenters. The topological polar surface area (TPSA) is 38.2 Å². The summed E-state index contributed by atoms with van der Waals surface area (Å²) in [7, 11) is 1.75. The Morgan fingerprint density at radius 3 is 2.73 bits per heavy atom. The maximum atomic E-state index is 5.77. The van der Waals surface area contributed by atoms with Gasteiger partial charge < -0.3 is 9.64 Å². The highest BCUT2D eigenvalue weighted by molar-refractivity contribution is 7.19. The second kappa shape index (κ2) is 3.88. The molecule has 1 saturated heterocycles. The average Bonchev–Trinajstić information content (AvgIpc) is 2.69. The Morgan fingerprint density at radius 2 is 2.27 bits per heavy atom. The molecule has 6 heteroatoms. The Hall–Kier alpha value is -0.390. The number of hydrogen-bond donors (Lipinski definition) is 0. The van der Waals surface area contributed by atoms with Crippen molar-refractivity contribution < 1.29 is 4.74 Å². The number of ether oxygens (including phenoxy) is 1. The summed E-state index contributed by atoms with van der Waals surface area (Å²) >= 11 is 7.18. The second-order valence-corrected chi connectivity index (χ2v) is 5.97. The third-order valence-corrected chi connectivity index (χ3v) is 3.88. The first kappa shape index (κ1) is 11.1. The molecule has 1 aliphatic rings. The number of halogens is 1. The quantitative estimate of drug-likeness (QED) is 0.802. The number of methoxy groups -OCH3 is 1. The first-order chi connectivity index (χ1) is 7.03. The first-order valence-electron chi connectivity index (χ1n) is 4.79. The Bertz CT molecular complexity index is 355. The van der Waals surface area contributed by atoms with Crippen LogP contribution in [0.2, 0.25) is 4.47 Å². The zero-order valence-corrected chi connectivity index (χ0v) is 10.6. The molecule has 0 N–H and O–H groups in total. The van der Waals surface area contributed by atoms with Crippen LogP contribution < -0.4 is 4.90 Å². The Kier molecular flexibility index (Phi) is 2.87. The fourth-order valence-corrected chi connectivity index (χ4v) is 2.80. The smallest absolute Gasteiger partial charge is 0.209 e. The van der Waals surface area contributed by atoms with E-state index in [1.165, 1.54) is 11.3 Å². The lowest BCUT2D eigenvalue weighted by Gasteiger charge is -2.23. The van der Waals surface area contributed by atoms with E-state index in [-0.39, 0.29) is 11.5 Å². The zero-order chi connectivity index (χ0) is 11.1. The van der Waals surface area contributed by atoms with Gasteiger partial charge in [-0.05, 0) is 11.6 Å². The van der Waals surface area contributed by atoms with Crippen molar-refractivity contribution in [3.05, 3.63) is 4.47 Å². The van der Waals surface area contributed by atoms with E-state index in [1.54, 1.807) is 7.11 Å². The lowest BCUT2D eigenvalue weighted by atomic mass is 9.90. The number of aromatic nitrogens is 2. The van der Waals surface area contributed by atoms with E-state index < -0.39 is 0 Å². The fourth-order valence-electron chi connectivity index (χ4n) is 1.97. The minimum absolute atomic E-state index is 0.146. The van der Waals surface area contributed by atoms with Crippen molar-refractivity contribution in [3.8, 4) is 0 Å². The van der Waals surface area contributed by atoms with Crippen LogP contribution in [0.15, 0.2) is 0 Å². The molecule has 1 unspecified atom stereocenters. The molecule has 0 spiro atoms. The van der Waals surface area contributed by atoms with E-state index in [2.05, 4.69) is 28.9 Å². The molecule has 1 aromatic rings. The van der Waals surface area contributed by atoms with Gasteiger partial charge in [0.2, 0.25) is 9.60 Å². The molecule has 0 aliphatic carbocycles. The largest absolute Gasteiger partial charge is 0.379 e. The van der Waals surface area contributed by atoms with Gasteiger partial charge in [-0.25, -0.2) is 0 Å². The van der Waals surface area contributed by atoms with Gasteiger partial charge in [0.15, 0.2) is 0 Å². The van der Waals surface area contributed by atoms with Crippen LogP contribution in [0.25, 0.3) is 0 Å². The summed E-state index contributed by atoms with van der Waals surface area (Å²) in [5, 5.41) is 8.73. The number of nitrogens with zero attached hydrogens (tertiary/aromatic N) is 3. The molecule has 0 radical (unpaired) electrons. The van der Waals surface area contributed by atoms with Gasteiger partial charge >= 0.3 is 0 Å². The van der Waals surface area contributed by atoms with Gasteiger partial charge in [0.1, 0.15) is 0 Å². The van der Waals surface area contributed by atoms with Crippen molar-refractivity contribution in [3.63, 3.8) is 0 Å². The van der Waals surface area contributed by atoms with Crippen molar-refractivity contribution in [1.82, 2.24) is 10.2 Å². The second-order valence-electron chi connectivity index (χ2n) is 4.43. The molecule has 0 aromatic carbocycles. The van der Waals surface area contributed by atoms with Crippen LogP contribution >= 0.6 is 22.9 Å². The van der Waals surface area contributed by atoms with Crippen LogP contribution in [-0.4, -0.2) is 36.5 Å². The maximum absolute atomic E-state index is 5.77. The minimum atomic E-state index is 0.146. The molecule has 2 rings (SSSR count). The van der Waals surface area contributed by atoms with Gasteiger partial charge in [-0.3, -0.25) is 0 Å². The summed E-state index contributed by atoms with van der Waals surface area (Å²) in [5.41, 5.74) is 0.146. The van der Waals surface area contributed by atoms with Crippen molar-refractivity contribution >= 4 is 28.1 Å². The average molecular weight is 248 g/mol. The van der Waals surface area contributed by atoms with Gasteiger partial charge in [-0.15, -0.1) is 10.2 Å². The third kappa shape index (κ3) is 2.09. The normalized spacial score (nSPS) is 24.8. The molecule has 0 amide bonds. The summed E-state index contributed by atoms with van der Waals surface area (Å²) < 4.78 is 5.96. The Labute approximate surface area is 98.2 Å². The van der Waals surface area contributed by atoms with E-state index in [0.29, 0.717) is 4.47 Å². The predicted octanol–water partition coefficient (Wildman–Crippen LogP) is 2.05. The summed E-state index contributed by atoms with van der Waals surface area (Å²) in [4.78, 5) is 2.18. The summed E-state index contributed by atoms with van der Waals surface area (Å²) in [6, 6.07) is 0. The maximum Gasteiger partial charge on any atom is 0.209 e. The van der Waals surface area contributed by atoms with Crippen molar-refractivity contribution in [1.29, 1.82) is 0 Å². The lowest BCUT2D eigenvalue weighted by molar-refractivity contribution is 0.0445. The van der Waals surface area contributed by atoms with Crippen LogP contribution in [0.4, 0.5) is 5.13 Å². The third-order valence-electron chi connectivity index (χ3n) is 2.80. The minimum Gasteiger partial charge on any atom is -0.379 e. The molecule has 1 aromatic heterocycles. The number of rotatable bonds is 2. The molecular weight excluding hydrogens is 234 g/mol. The van der Waals surface area contributed by atoms with Gasteiger partial charge in [0.05, 0.1) is 6.10 Å². The van der Waals surface area contributed by atoms with Crippen molar-refractivity contribution in [2.45, 2.75) is 20.0 Å². The Balaban J connectivity index is 2.15. The van der Waals surface area contributed by atoms with Crippen molar-refractivity contribution in [2.75, 3.05) is 25.1 Å². The lowest BCUT2D eigenvalue weighted by Crippen LogP contribution is -2.28. The summed E-state index contributed by atoms with van der Waals surface area (Å²) in [6.07, 6.45) is 0.236. The highest BCUT2D eigenvalue weighted by Crippen LogP contribution is 2.36.